The van der Waals surface area contributed by atoms with E-state index in [4.69, 9.17) is 23.2 Å². The molecule has 0 spiro atoms. The van der Waals surface area contributed by atoms with E-state index in [9.17, 15) is 4.79 Å². The Morgan fingerprint density at radius 2 is 1.20 bits per heavy atom. The van der Waals surface area contributed by atoms with Crippen molar-refractivity contribution in [1.29, 1.82) is 0 Å². The number of rotatable bonds is 6. The Morgan fingerprint density at radius 3 is 1.63 bits per heavy atom. The highest BCUT2D eigenvalue weighted by atomic mass is 35.5. The van der Waals surface area contributed by atoms with Crippen LogP contribution in [-0.2, 0) is 13.1 Å². The summed E-state index contributed by atoms with van der Waals surface area (Å²) in [6.07, 6.45) is 3.41. The zero-order valence-corrected chi connectivity index (χ0v) is 17.0. The van der Waals surface area contributed by atoms with Gasteiger partial charge in [-0.15, -0.1) is 10.2 Å². The first kappa shape index (κ1) is 19.9. The number of nitrogens with one attached hydrogen (secondary N) is 2. The lowest BCUT2D eigenvalue weighted by atomic mass is 10.3. The lowest BCUT2D eigenvalue weighted by Crippen LogP contribution is -2.34. The van der Waals surface area contributed by atoms with Crippen molar-refractivity contribution in [3.8, 4) is 11.4 Å². The van der Waals surface area contributed by atoms with Gasteiger partial charge in [0, 0.05) is 0 Å². The monoisotopic (exact) mass is 442 g/mol. The fourth-order valence-corrected chi connectivity index (χ4v) is 3.12. The van der Waals surface area contributed by atoms with Gasteiger partial charge in [-0.2, -0.15) is 0 Å². The van der Waals surface area contributed by atoms with Crippen molar-refractivity contribution < 1.29 is 4.79 Å². The van der Waals surface area contributed by atoms with Crippen molar-refractivity contribution in [2.45, 2.75) is 13.1 Å². The third-order valence-electron chi connectivity index (χ3n) is 4.14. The molecule has 0 aliphatic heterocycles. The maximum absolute atomic E-state index is 12.1. The van der Waals surface area contributed by atoms with E-state index in [-0.39, 0.29) is 19.1 Å². The van der Waals surface area contributed by atoms with E-state index in [1.165, 1.54) is 0 Å². The summed E-state index contributed by atoms with van der Waals surface area (Å²) in [5.74, 6) is 0. The van der Waals surface area contributed by atoms with Crippen LogP contribution in [-0.4, -0.2) is 36.0 Å². The first-order valence-electron chi connectivity index (χ1n) is 8.94. The van der Waals surface area contributed by atoms with Crippen LogP contribution in [0, 0.1) is 0 Å². The lowest BCUT2D eigenvalue weighted by molar-refractivity contribution is 0.240. The highest BCUT2D eigenvalue weighted by molar-refractivity contribution is 6.32. The maximum atomic E-state index is 12.1. The van der Waals surface area contributed by atoms with Crippen molar-refractivity contribution in [2.24, 2.45) is 0 Å². The van der Waals surface area contributed by atoms with Crippen molar-refractivity contribution in [2.75, 3.05) is 0 Å². The third-order valence-corrected chi connectivity index (χ3v) is 4.78. The molecular formula is C19H16Cl2N8O. The molecular weight excluding hydrogens is 427 g/mol. The van der Waals surface area contributed by atoms with Gasteiger partial charge in [-0.05, 0) is 24.3 Å². The van der Waals surface area contributed by atoms with E-state index in [0.29, 0.717) is 32.8 Å². The van der Waals surface area contributed by atoms with Gasteiger partial charge >= 0.3 is 6.03 Å². The largest absolute Gasteiger partial charge is 0.332 e. The molecule has 11 heteroatoms. The smallest absolute Gasteiger partial charge is 0.315 e. The number of hydrogen-bond acceptors (Lipinski definition) is 5. The van der Waals surface area contributed by atoms with Crippen LogP contribution in [0.25, 0.3) is 11.4 Å². The average Bonchev–Trinajstić information content (AvgIpc) is 3.41. The Morgan fingerprint density at radius 1 is 0.767 bits per heavy atom. The number of benzene rings is 2. The van der Waals surface area contributed by atoms with Crippen molar-refractivity contribution in [1.82, 2.24) is 40.6 Å². The molecule has 4 rings (SSSR count). The summed E-state index contributed by atoms with van der Waals surface area (Å²) in [4.78, 5) is 12.1. The van der Waals surface area contributed by atoms with Crippen LogP contribution in [0.2, 0.25) is 10.0 Å². The summed E-state index contributed by atoms with van der Waals surface area (Å²) >= 11 is 12.3. The number of para-hydroxylation sites is 2. The minimum absolute atomic E-state index is 0.211. The second kappa shape index (κ2) is 8.93. The van der Waals surface area contributed by atoms with E-state index in [0.717, 1.165) is 0 Å². The van der Waals surface area contributed by atoms with E-state index >= 15 is 0 Å². The normalized spacial score (nSPS) is 10.7. The maximum Gasteiger partial charge on any atom is 0.315 e. The molecule has 2 aromatic carbocycles. The number of amides is 2. The van der Waals surface area contributed by atoms with Gasteiger partial charge in [0.1, 0.15) is 11.4 Å². The van der Waals surface area contributed by atoms with E-state index in [2.05, 4.69) is 31.3 Å². The molecule has 0 radical (unpaired) electrons. The standard InChI is InChI=1S/C19H16Cl2N8O/c20-15-5-1-3-7-17(15)28-11-13(24-26-28)9-22-19(30)23-10-14-12-29(27-25-14)18-8-4-2-6-16(18)21/h1-8,11-12H,9-10H2,(H2,22,23,30). The quantitative estimate of drug-likeness (QED) is 0.477. The average molecular weight is 443 g/mol. The summed E-state index contributed by atoms with van der Waals surface area (Å²) in [6, 6.07) is 14.2. The summed E-state index contributed by atoms with van der Waals surface area (Å²) in [7, 11) is 0. The van der Waals surface area contributed by atoms with Crippen LogP contribution in [0.3, 0.4) is 0 Å². The number of hydrogen-bond donors (Lipinski definition) is 2. The zero-order chi connectivity index (χ0) is 20.9. The lowest BCUT2D eigenvalue weighted by Gasteiger charge is -2.04. The molecule has 2 N–H and O–H groups in total. The van der Waals surface area contributed by atoms with Gasteiger partial charge in [-0.1, -0.05) is 57.9 Å². The molecule has 2 aromatic heterocycles. The van der Waals surface area contributed by atoms with Crippen LogP contribution in [0.1, 0.15) is 11.4 Å². The zero-order valence-electron chi connectivity index (χ0n) is 15.5. The third kappa shape index (κ3) is 4.58. The van der Waals surface area contributed by atoms with Crippen LogP contribution < -0.4 is 10.6 Å². The van der Waals surface area contributed by atoms with Gasteiger partial charge in [-0.25, -0.2) is 14.2 Å². The number of nitrogens with zero attached hydrogens (tertiary/aromatic N) is 6. The second-order valence-electron chi connectivity index (χ2n) is 6.25. The van der Waals surface area contributed by atoms with Crippen molar-refractivity contribution >= 4 is 29.2 Å². The Bertz CT molecular complexity index is 1080. The molecule has 152 valence electrons. The summed E-state index contributed by atoms with van der Waals surface area (Å²) < 4.78 is 3.12. The number of carbonyl (C=O) groups is 1. The van der Waals surface area contributed by atoms with Crippen molar-refractivity contribution in [3.05, 3.63) is 82.4 Å². The number of aromatic nitrogens is 6. The van der Waals surface area contributed by atoms with Gasteiger partial charge in [0.25, 0.3) is 0 Å². The highest BCUT2D eigenvalue weighted by Crippen LogP contribution is 2.19. The Balaban J connectivity index is 1.29. The fourth-order valence-electron chi connectivity index (χ4n) is 2.67. The van der Waals surface area contributed by atoms with Gasteiger partial charge in [0.05, 0.1) is 46.9 Å². The molecule has 9 nitrogen and oxygen atoms in total. The molecule has 0 aliphatic rings. The molecule has 0 saturated carbocycles. The first-order valence-corrected chi connectivity index (χ1v) is 9.70. The number of carbonyl (C=O) groups excluding carboxylic acids is 1. The van der Waals surface area contributed by atoms with Gasteiger partial charge < -0.3 is 10.6 Å². The Kier molecular flexibility index (Phi) is 5.92. The number of urea groups is 1. The van der Waals surface area contributed by atoms with Crippen LogP contribution in [0.15, 0.2) is 60.9 Å². The molecule has 4 aromatic rings. The van der Waals surface area contributed by atoms with Gasteiger partial charge in [-0.3, -0.25) is 0 Å². The topological polar surface area (TPSA) is 103 Å². The van der Waals surface area contributed by atoms with E-state index in [1.54, 1.807) is 33.9 Å². The summed E-state index contributed by atoms with van der Waals surface area (Å²) in [5, 5.41) is 22.7. The molecule has 2 heterocycles. The SMILES string of the molecule is O=C(NCc1cn(-c2ccccc2Cl)nn1)NCc1cn(-c2ccccc2Cl)nn1. The molecule has 30 heavy (non-hydrogen) atoms. The fraction of sp³-hybridized carbons (Fsp3) is 0.105. The molecule has 0 saturated heterocycles. The summed E-state index contributed by atoms with van der Waals surface area (Å²) in [5.41, 5.74) is 2.61. The second-order valence-corrected chi connectivity index (χ2v) is 7.06. The minimum atomic E-state index is -0.366. The van der Waals surface area contributed by atoms with Crippen molar-refractivity contribution in [3.63, 3.8) is 0 Å². The van der Waals surface area contributed by atoms with Gasteiger partial charge in [0.15, 0.2) is 0 Å². The minimum Gasteiger partial charge on any atom is -0.332 e. The van der Waals surface area contributed by atoms with Gasteiger partial charge in [0.2, 0.25) is 0 Å². The molecule has 0 bridgehead atoms. The van der Waals surface area contributed by atoms with Crippen LogP contribution >= 0.6 is 23.2 Å². The molecule has 0 aliphatic carbocycles. The predicted octanol–water partition coefficient (Wildman–Crippen LogP) is 3.15. The Hall–Kier alpha value is -3.43. The van der Waals surface area contributed by atoms with Crippen LogP contribution in [0.4, 0.5) is 4.79 Å². The van der Waals surface area contributed by atoms with E-state index < -0.39 is 0 Å². The number of halogens is 2. The van der Waals surface area contributed by atoms with Crippen LogP contribution in [0.5, 0.6) is 0 Å². The molecule has 0 unspecified atom stereocenters. The first-order chi connectivity index (χ1) is 14.6. The molecule has 0 atom stereocenters. The predicted molar refractivity (Wildman–Crippen MR) is 112 cm³/mol. The Labute approximate surface area is 181 Å². The summed E-state index contributed by atoms with van der Waals surface area (Å²) in [6.45, 7) is 0.422. The van der Waals surface area contributed by atoms with E-state index in [1.807, 2.05) is 36.4 Å². The molecule has 2 amide bonds. The molecule has 0 fully saturated rings. The highest BCUT2D eigenvalue weighted by Gasteiger charge is 2.09.